The van der Waals surface area contributed by atoms with Crippen LogP contribution in [-0.4, -0.2) is 13.2 Å². The summed E-state index contributed by atoms with van der Waals surface area (Å²) in [5, 5.41) is 3.42. The fraction of sp³-hybridized carbons (Fsp3) is 0.333. The van der Waals surface area contributed by atoms with Crippen LogP contribution < -0.4 is 4.74 Å². The highest BCUT2D eigenvalue weighted by molar-refractivity contribution is 9.11. The summed E-state index contributed by atoms with van der Waals surface area (Å²) < 4.78 is 7.39. The first-order chi connectivity index (χ1) is 7.24. The molecule has 1 aromatic rings. The minimum atomic E-state index is 0.463. The molecular formula is C9H9Br2N3O. The fourth-order valence-corrected chi connectivity index (χ4v) is 2.12. The van der Waals surface area contributed by atoms with Crippen LogP contribution in [0.1, 0.15) is 6.42 Å². The smallest absolute Gasteiger partial charge is 0.133 e. The summed E-state index contributed by atoms with van der Waals surface area (Å²) in [6.45, 7) is 1.00. The molecule has 0 aliphatic carbocycles. The Morgan fingerprint density at radius 2 is 2.20 bits per heavy atom. The maximum absolute atomic E-state index is 8.06. The zero-order valence-corrected chi connectivity index (χ0v) is 11.0. The van der Waals surface area contributed by atoms with Crippen LogP contribution in [0.15, 0.2) is 32.3 Å². The summed E-state index contributed by atoms with van der Waals surface area (Å²) in [4.78, 5) is 2.66. The van der Waals surface area contributed by atoms with Crippen molar-refractivity contribution in [2.45, 2.75) is 6.42 Å². The predicted molar refractivity (Wildman–Crippen MR) is 66.0 cm³/mol. The van der Waals surface area contributed by atoms with E-state index in [1.54, 1.807) is 0 Å². The summed E-state index contributed by atoms with van der Waals surface area (Å²) in [5.74, 6) is 0.791. The lowest BCUT2D eigenvalue weighted by Gasteiger charge is -2.07. The Kier molecular flexibility index (Phi) is 5.53. The molecule has 0 radical (unpaired) electrons. The van der Waals surface area contributed by atoms with Gasteiger partial charge < -0.3 is 4.74 Å². The number of hydrogen-bond acceptors (Lipinski definition) is 2. The van der Waals surface area contributed by atoms with Gasteiger partial charge in [-0.3, -0.25) is 0 Å². The van der Waals surface area contributed by atoms with Gasteiger partial charge in [0.15, 0.2) is 0 Å². The second kappa shape index (κ2) is 6.71. The minimum Gasteiger partial charge on any atom is -0.492 e. The van der Waals surface area contributed by atoms with Crippen molar-refractivity contribution < 1.29 is 4.74 Å². The zero-order valence-electron chi connectivity index (χ0n) is 7.86. The maximum atomic E-state index is 8.06. The average molecular weight is 335 g/mol. The first kappa shape index (κ1) is 12.4. The lowest BCUT2D eigenvalue weighted by Crippen LogP contribution is -1.99. The van der Waals surface area contributed by atoms with Crippen molar-refractivity contribution in [2.75, 3.05) is 13.2 Å². The van der Waals surface area contributed by atoms with E-state index in [0.717, 1.165) is 14.7 Å². The molecule has 1 rings (SSSR count). The van der Waals surface area contributed by atoms with Crippen LogP contribution in [0.5, 0.6) is 5.75 Å². The molecule has 0 aliphatic rings. The molecule has 0 amide bonds. The molecule has 0 aliphatic heterocycles. The highest BCUT2D eigenvalue weighted by Crippen LogP contribution is 2.28. The molecular weight excluding hydrogens is 326 g/mol. The second-order valence-corrected chi connectivity index (χ2v) is 4.50. The molecule has 6 heteroatoms. The largest absolute Gasteiger partial charge is 0.492 e. The molecule has 0 heterocycles. The number of ether oxygens (including phenoxy) is 1. The van der Waals surface area contributed by atoms with Gasteiger partial charge in [-0.1, -0.05) is 21.0 Å². The van der Waals surface area contributed by atoms with Gasteiger partial charge in [0.05, 0.1) is 11.1 Å². The zero-order chi connectivity index (χ0) is 11.1. The first-order valence-electron chi connectivity index (χ1n) is 4.33. The summed E-state index contributed by atoms with van der Waals surface area (Å²) in [6, 6.07) is 5.71. The third-order valence-electron chi connectivity index (χ3n) is 1.62. The van der Waals surface area contributed by atoms with Crippen LogP contribution in [0.25, 0.3) is 10.4 Å². The summed E-state index contributed by atoms with van der Waals surface area (Å²) in [5.41, 5.74) is 8.06. The molecule has 0 unspecified atom stereocenters. The number of halogens is 2. The number of benzene rings is 1. The minimum absolute atomic E-state index is 0.463. The van der Waals surface area contributed by atoms with Gasteiger partial charge in [0.1, 0.15) is 5.75 Å². The van der Waals surface area contributed by atoms with Gasteiger partial charge in [-0.15, -0.1) is 0 Å². The van der Waals surface area contributed by atoms with Gasteiger partial charge in [0, 0.05) is 15.9 Å². The van der Waals surface area contributed by atoms with Crippen molar-refractivity contribution in [2.24, 2.45) is 5.11 Å². The Hall–Kier alpha value is -0.710. The molecule has 1 aromatic carbocycles. The third kappa shape index (κ3) is 4.55. The number of rotatable bonds is 5. The Labute approximate surface area is 105 Å². The SMILES string of the molecule is [N-]=[N+]=NCCCOc1ccc(Br)cc1Br. The van der Waals surface area contributed by atoms with Gasteiger partial charge in [-0.2, -0.15) is 0 Å². The summed E-state index contributed by atoms with van der Waals surface area (Å²) in [6.07, 6.45) is 0.715. The Morgan fingerprint density at radius 3 is 2.87 bits per heavy atom. The van der Waals surface area contributed by atoms with E-state index in [2.05, 4.69) is 41.9 Å². The quantitative estimate of drug-likeness (QED) is 0.343. The van der Waals surface area contributed by atoms with Crippen molar-refractivity contribution in [3.63, 3.8) is 0 Å². The van der Waals surface area contributed by atoms with E-state index >= 15 is 0 Å². The highest BCUT2D eigenvalue weighted by Gasteiger charge is 2.00. The molecule has 0 aromatic heterocycles. The first-order valence-corrected chi connectivity index (χ1v) is 5.91. The number of hydrogen-bond donors (Lipinski definition) is 0. The highest BCUT2D eigenvalue weighted by atomic mass is 79.9. The van der Waals surface area contributed by atoms with Gasteiger partial charge in [0.2, 0.25) is 0 Å². The van der Waals surface area contributed by atoms with E-state index in [4.69, 9.17) is 10.3 Å². The van der Waals surface area contributed by atoms with Crippen LogP contribution >= 0.6 is 31.9 Å². The van der Waals surface area contributed by atoms with Crippen molar-refractivity contribution in [1.29, 1.82) is 0 Å². The van der Waals surface area contributed by atoms with E-state index in [0.29, 0.717) is 19.6 Å². The molecule has 15 heavy (non-hydrogen) atoms. The maximum Gasteiger partial charge on any atom is 0.133 e. The number of azide groups is 1. The van der Waals surface area contributed by atoms with E-state index in [1.807, 2.05) is 18.2 Å². The molecule has 4 nitrogen and oxygen atoms in total. The monoisotopic (exact) mass is 333 g/mol. The van der Waals surface area contributed by atoms with E-state index in [1.165, 1.54) is 0 Å². The van der Waals surface area contributed by atoms with Crippen LogP contribution in [0.2, 0.25) is 0 Å². The topological polar surface area (TPSA) is 58.0 Å². The van der Waals surface area contributed by atoms with Crippen LogP contribution in [0, 0.1) is 0 Å². The van der Waals surface area contributed by atoms with Crippen molar-refractivity contribution in [3.05, 3.63) is 37.6 Å². The van der Waals surface area contributed by atoms with Crippen LogP contribution in [-0.2, 0) is 0 Å². The Balaban J connectivity index is 2.40. The molecule has 0 atom stereocenters. The van der Waals surface area contributed by atoms with Crippen molar-refractivity contribution in [3.8, 4) is 5.75 Å². The molecule has 0 spiro atoms. The molecule has 0 bridgehead atoms. The van der Waals surface area contributed by atoms with Crippen LogP contribution in [0.4, 0.5) is 0 Å². The Morgan fingerprint density at radius 1 is 1.40 bits per heavy atom. The lowest BCUT2D eigenvalue weighted by atomic mass is 10.3. The van der Waals surface area contributed by atoms with E-state index < -0.39 is 0 Å². The molecule has 80 valence electrons. The predicted octanol–water partition coefficient (Wildman–Crippen LogP) is 4.29. The van der Waals surface area contributed by atoms with Crippen molar-refractivity contribution >= 4 is 31.9 Å². The number of nitrogens with zero attached hydrogens (tertiary/aromatic N) is 3. The molecule has 0 N–H and O–H groups in total. The average Bonchev–Trinajstić information content (AvgIpc) is 2.20. The summed E-state index contributed by atoms with van der Waals surface area (Å²) >= 11 is 6.75. The normalized spacial score (nSPS) is 9.47. The van der Waals surface area contributed by atoms with Crippen molar-refractivity contribution in [1.82, 2.24) is 0 Å². The molecule has 0 saturated heterocycles. The van der Waals surface area contributed by atoms with Gasteiger partial charge >= 0.3 is 0 Å². The molecule has 0 fully saturated rings. The van der Waals surface area contributed by atoms with Gasteiger partial charge in [0.25, 0.3) is 0 Å². The van der Waals surface area contributed by atoms with E-state index in [-0.39, 0.29) is 0 Å². The lowest BCUT2D eigenvalue weighted by molar-refractivity contribution is 0.311. The van der Waals surface area contributed by atoms with Crippen LogP contribution in [0.3, 0.4) is 0 Å². The standard InChI is InChI=1S/C9H9Br2N3O/c10-7-2-3-9(8(11)6-7)15-5-1-4-13-14-12/h2-3,6H,1,4-5H2. The molecule has 0 saturated carbocycles. The van der Waals surface area contributed by atoms with Gasteiger partial charge in [-0.05, 0) is 46.1 Å². The second-order valence-electron chi connectivity index (χ2n) is 2.73. The summed E-state index contributed by atoms with van der Waals surface area (Å²) in [7, 11) is 0. The van der Waals surface area contributed by atoms with E-state index in [9.17, 15) is 0 Å². The fourth-order valence-electron chi connectivity index (χ4n) is 0.954. The Bertz CT molecular complexity index is 378. The third-order valence-corrected chi connectivity index (χ3v) is 2.73. The van der Waals surface area contributed by atoms with Gasteiger partial charge in [-0.25, -0.2) is 0 Å².